The molecule has 19 heavy (non-hydrogen) atoms. The van der Waals surface area contributed by atoms with E-state index in [1.54, 1.807) is 6.07 Å². The number of hydrogen-bond donors (Lipinski definition) is 1. The van der Waals surface area contributed by atoms with E-state index in [1.165, 1.54) is 18.9 Å². The Labute approximate surface area is 115 Å². The molecule has 1 atom stereocenters. The fraction of sp³-hybridized carbons (Fsp3) is 0.625. The maximum absolute atomic E-state index is 13.5. The zero-order valence-corrected chi connectivity index (χ0v) is 12.2. The summed E-state index contributed by atoms with van der Waals surface area (Å²) in [5.74, 6) is -0.170. The molecule has 1 saturated heterocycles. The standard InChI is InChI=1S/C16H25FN2/c1-12-4-5-13(17)10-14(12)15(11-18)19-8-6-16(2,3)7-9-19/h4-5,10,15H,6-9,11,18H2,1-3H3. The Kier molecular flexibility index (Phi) is 4.26. The normalized spacial score (nSPS) is 21.3. The highest BCUT2D eigenvalue weighted by atomic mass is 19.1. The van der Waals surface area contributed by atoms with Gasteiger partial charge in [0.15, 0.2) is 0 Å². The lowest BCUT2D eigenvalue weighted by Crippen LogP contribution is -2.42. The third-order valence-corrected chi connectivity index (χ3v) is 4.42. The van der Waals surface area contributed by atoms with Crippen LogP contribution in [-0.2, 0) is 0 Å². The van der Waals surface area contributed by atoms with Gasteiger partial charge >= 0.3 is 0 Å². The quantitative estimate of drug-likeness (QED) is 0.908. The number of nitrogens with zero attached hydrogens (tertiary/aromatic N) is 1. The number of benzene rings is 1. The summed E-state index contributed by atoms with van der Waals surface area (Å²) in [4.78, 5) is 2.41. The summed E-state index contributed by atoms with van der Waals surface area (Å²) < 4.78 is 13.5. The van der Waals surface area contributed by atoms with Crippen molar-refractivity contribution in [1.82, 2.24) is 4.90 Å². The van der Waals surface area contributed by atoms with E-state index in [2.05, 4.69) is 18.7 Å². The van der Waals surface area contributed by atoms with Crippen LogP contribution in [-0.4, -0.2) is 24.5 Å². The van der Waals surface area contributed by atoms with Crippen LogP contribution >= 0.6 is 0 Å². The minimum Gasteiger partial charge on any atom is -0.329 e. The van der Waals surface area contributed by atoms with E-state index < -0.39 is 0 Å². The summed E-state index contributed by atoms with van der Waals surface area (Å²) in [6, 6.07) is 5.16. The number of rotatable bonds is 3. The van der Waals surface area contributed by atoms with Crippen LogP contribution in [0.3, 0.4) is 0 Å². The number of aryl methyl sites for hydroxylation is 1. The van der Waals surface area contributed by atoms with E-state index in [-0.39, 0.29) is 11.9 Å². The predicted octanol–water partition coefficient (Wildman–Crippen LogP) is 3.26. The maximum atomic E-state index is 13.5. The summed E-state index contributed by atoms with van der Waals surface area (Å²) in [5, 5.41) is 0. The van der Waals surface area contributed by atoms with Crippen molar-refractivity contribution in [3.8, 4) is 0 Å². The minimum absolute atomic E-state index is 0.145. The average molecular weight is 264 g/mol. The number of hydrogen-bond acceptors (Lipinski definition) is 2. The van der Waals surface area contributed by atoms with Gasteiger partial charge in [-0.3, -0.25) is 4.90 Å². The fourth-order valence-corrected chi connectivity index (χ4v) is 2.88. The van der Waals surface area contributed by atoms with Crippen molar-refractivity contribution < 1.29 is 4.39 Å². The van der Waals surface area contributed by atoms with Crippen LogP contribution in [0.5, 0.6) is 0 Å². The van der Waals surface area contributed by atoms with Crippen molar-refractivity contribution in [2.24, 2.45) is 11.1 Å². The van der Waals surface area contributed by atoms with Gasteiger partial charge in [0.2, 0.25) is 0 Å². The highest BCUT2D eigenvalue weighted by molar-refractivity contribution is 5.30. The highest BCUT2D eigenvalue weighted by Gasteiger charge is 2.30. The van der Waals surface area contributed by atoms with Gasteiger partial charge in [0, 0.05) is 12.6 Å². The molecule has 106 valence electrons. The van der Waals surface area contributed by atoms with Crippen LogP contribution < -0.4 is 5.73 Å². The first-order valence-corrected chi connectivity index (χ1v) is 7.13. The van der Waals surface area contributed by atoms with E-state index in [1.807, 2.05) is 13.0 Å². The molecule has 2 nitrogen and oxygen atoms in total. The van der Waals surface area contributed by atoms with Gasteiger partial charge in [-0.15, -0.1) is 0 Å². The molecule has 1 aromatic carbocycles. The second kappa shape index (κ2) is 5.59. The van der Waals surface area contributed by atoms with Crippen molar-refractivity contribution in [3.63, 3.8) is 0 Å². The zero-order valence-electron chi connectivity index (χ0n) is 12.2. The minimum atomic E-state index is -0.170. The van der Waals surface area contributed by atoms with Crippen LogP contribution in [0.2, 0.25) is 0 Å². The first kappa shape index (κ1) is 14.5. The summed E-state index contributed by atoms with van der Waals surface area (Å²) in [5.41, 5.74) is 8.55. The fourth-order valence-electron chi connectivity index (χ4n) is 2.88. The van der Waals surface area contributed by atoms with Crippen LogP contribution in [0, 0.1) is 18.2 Å². The number of halogens is 1. The molecular formula is C16H25FN2. The molecule has 0 aliphatic carbocycles. The SMILES string of the molecule is Cc1ccc(F)cc1C(CN)N1CCC(C)(C)CC1. The molecule has 2 N–H and O–H groups in total. The lowest BCUT2D eigenvalue weighted by molar-refractivity contribution is 0.0960. The van der Waals surface area contributed by atoms with E-state index in [4.69, 9.17) is 5.73 Å². The molecule has 0 saturated carbocycles. The Balaban J connectivity index is 2.18. The molecule has 0 amide bonds. The van der Waals surface area contributed by atoms with Crippen molar-refractivity contribution >= 4 is 0 Å². The van der Waals surface area contributed by atoms with Crippen molar-refractivity contribution in [1.29, 1.82) is 0 Å². The Morgan fingerprint density at radius 2 is 1.95 bits per heavy atom. The summed E-state index contributed by atoms with van der Waals surface area (Å²) in [6.07, 6.45) is 2.36. The molecule has 0 radical (unpaired) electrons. The van der Waals surface area contributed by atoms with Gasteiger partial charge in [0.05, 0.1) is 0 Å². The summed E-state index contributed by atoms with van der Waals surface area (Å²) in [6.45, 7) is 9.30. The monoisotopic (exact) mass is 264 g/mol. The third-order valence-electron chi connectivity index (χ3n) is 4.42. The van der Waals surface area contributed by atoms with Crippen molar-refractivity contribution in [2.75, 3.05) is 19.6 Å². The number of piperidine rings is 1. The van der Waals surface area contributed by atoms with Crippen LogP contribution in [0.1, 0.15) is 43.9 Å². The Hall–Kier alpha value is -0.930. The number of likely N-dealkylation sites (tertiary alicyclic amines) is 1. The Morgan fingerprint density at radius 1 is 1.32 bits per heavy atom. The third kappa shape index (κ3) is 3.34. The molecule has 1 aromatic rings. The van der Waals surface area contributed by atoms with Gasteiger partial charge in [-0.2, -0.15) is 0 Å². The van der Waals surface area contributed by atoms with Crippen LogP contribution in [0.4, 0.5) is 4.39 Å². The molecule has 2 rings (SSSR count). The molecule has 3 heteroatoms. The molecule has 0 aromatic heterocycles. The Bertz CT molecular complexity index is 432. The first-order valence-electron chi connectivity index (χ1n) is 7.13. The van der Waals surface area contributed by atoms with Gasteiger partial charge in [-0.25, -0.2) is 4.39 Å². The predicted molar refractivity (Wildman–Crippen MR) is 77.5 cm³/mol. The molecular weight excluding hydrogens is 239 g/mol. The molecule has 0 spiro atoms. The largest absolute Gasteiger partial charge is 0.329 e. The molecule has 1 unspecified atom stereocenters. The van der Waals surface area contributed by atoms with E-state index in [9.17, 15) is 4.39 Å². The van der Waals surface area contributed by atoms with E-state index in [0.717, 1.165) is 24.2 Å². The topological polar surface area (TPSA) is 29.3 Å². The second-order valence-corrected chi connectivity index (χ2v) is 6.45. The molecule has 1 aliphatic rings. The second-order valence-electron chi connectivity index (χ2n) is 6.45. The lowest BCUT2D eigenvalue weighted by atomic mass is 9.82. The van der Waals surface area contributed by atoms with Gasteiger partial charge in [0.1, 0.15) is 5.82 Å². The smallest absolute Gasteiger partial charge is 0.123 e. The van der Waals surface area contributed by atoms with E-state index >= 15 is 0 Å². The van der Waals surface area contributed by atoms with E-state index in [0.29, 0.717) is 12.0 Å². The highest BCUT2D eigenvalue weighted by Crippen LogP contribution is 2.34. The molecule has 1 fully saturated rings. The van der Waals surface area contributed by atoms with Gasteiger partial charge < -0.3 is 5.73 Å². The Morgan fingerprint density at radius 3 is 2.53 bits per heavy atom. The average Bonchev–Trinajstić information content (AvgIpc) is 2.36. The molecule has 1 aliphatic heterocycles. The van der Waals surface area contributed by atoms with Gasteiger partial charge in [-0.1, -0.05) is 19.9 Å². The number of nitrogens with two attached hydrogens (primary N) is 1. The summed E-state index contributed by atoms with van der Waals surface area (Å²) >= 11 is 0. The van der Waals surface area contributed by atoms with Gasteiger partial charge in [-0.05, 0) is 61.5 Å². The first-order chi connectivity index (χ1) is 8.93. The van der Waals surface area contributed by atoms with Crippen molar-refractivity contribution in [3.05, 3.63) is 35.1 Å². The zero-order chi connectivity index (χ0) is 14.0. The van der Waals surface area contributed by atoms with Gasteiger partial charge in [0.25, 0.3) is 0 Å². The van der Waals surface area contributed by atoms with Crippen molar-refractivity contribution in [2.45, 2.75) is 39.7 Å². The summed E-state index contributed by atoms with van der Waals surface area (Å²) in [7, 11) is 0. The van der Waals surface area contributed by atoms with Crippen LogP contribution in [0.25, 0.3) is 0 Å². The lowest BCUT2D eigenvalue weighted by Gasteiger charge is -2.41. The molecule has 0 bridgehead atoms. The molecule has 1 heterocycles. The maximum Gasteiger partial charge on any atom is 0.123 e. The van der Waals surface area contributed by atoms with Crippen LogP contribution in [0.15, 0.2) is 18.2 Å².